The summed E-state index contributed by atoms with van der Waals surface area (Å²) < 4.78 is 39.2. The van der Waals surface area contributed by atoms with Gasteiger partial charge in [0, 0.05) is 39.5 Å². The summed E-state index contributed by atoms with van der Waals surface area (Å²) in [6.45, 7) is 4.60. The topological polar surface area (TPSA) is 87.9 Å². The SMILES string of the molecule is COC1CN(CC(=O)N2CCCC2)Cc2ccnn2C1.O=C(O)C(F)(F)F. The number of amides is 1. The third kappa shape index (κ3) is 6.21. The zero-order valence-corrected chi connectivity index (χ0v) is 15.0. The number of alkyl halides is 3. The highest BCUT2D eigenvalue weighted by Crippen LogP contribution is 2.15. The van der Waals surface area contributed by atoms with Crippen LogP contribution in [-0.2, 0) is 27.4 Å². The number of rotatable bonds is 3. The van der Waals surface area contributed by atoms with Gasteiger partial charge in [-0.05, 0) is 18.9 Å². The van der Waals surface area contributed by atoms with Gasteiger partial charge in [-0.2, -0.15) is 18.3 Å². The van der Waals surface area contributed by atoms with Crippen molar-refractivity contribution in [2.24, 2.45) is 0 Å². The number of fused-ring (bicyclic) bond motifs is 1. The Bertz CT molecular complexity index is 644. The standard InChI is InChI=1S/C14H22N4O2.C2HF3O2/c1-20-13-9-16(8-12-4-5-15-18(12)10-13)11-14(19)17-6-2-3-7-17;3-2(4,5)1(6)7/h4-5,13H,2-3,6-11H2,1H3;(H,6,7). The molecule has 0 saturated carbocycles. The molecular formula is C16H23F3N4O4. The number of aromatic nitrogens is 2. The predicted molar refractivity (Wildman–Crippen MR) is 87.8 cm³/mol. The van der Waals surface area contributed by atoms with Crippen LogP contribution in [-0.4, -0.2) is 82.1 Å². The summed E-state index contributed by atoms with van der Waals surface area (Å²) in [7, 11) is 1.72. The molecule has 1 atom stereocenters. The summed E-state index contributed by atoms with van der Waals surface area (Å²) >= 11 is 0. The maximum absolute atomic E-state index is 12.3. The van der Waals surface area contributed by atoms with Gasteiger partial charge in [0.05, 0.1) is 24.9 Å². The van der Waals surface area contributed by atoms with Crippen molar-refractivity contribution >= 4 is 11.9 Å². The molecule has 152 valence electrons. The van der Waals surface area contributed by atoms with Crippen LogP contribution in [0.3, 0.4) is 0 Å². The molecular weight excluding hydrogens is 369 g/mol. The maximum Gasteiger partial charge on any atom is 0.490 e. The van der Waals surface area contributed by atoms with Crippen molar-refractivity contribution in [1.29, 1.82) is 0 Å². The van der Waals surface area contributed by atoms with E-state index in [0.29, 0.717) is 6.54 Å². The third-order valence-corrected chi connectivity index (χ3v) is 4.42. The first-order valence-electron chi connectivity index (χ1n) is 8.54. The van der Waals surface area contributed by atoms with Crippen molar-refractivity contribution in [2.45, 2.75) is 38.2 Å². The largest absolute Gasteiger partial charge is 0.490 e. The molecule has 0 aromatic carbocycles. The Kier molecular flexibility index (Phi) is 7.19. The lowest BCUT2D eigenvalue weighted by atomic mass is 10.3. The lowest BCUT2D eigenvalue weighted by Gasteiger charge is -2.25. The lowest BCUT2D eigenvalue weighted by molar-refractivity contribution is -0.192. The Morgan fingerprint density at radius 2 is 1.93 bits per heavy atom. The fourth-order valence-corrected chi connectivity index (χ4v) is 3.02. The van der Waals surface area contributed by atoms with Gasteiger partial charge in [0.1, 0.15) is 0 Å². The van der Waals surface area contributed by atoms with Crippen LogP contribution in [0.25, 0.3) is 0 Å². The second-order valence-electron chi connectivity index (χ2n) is 6.42. The van der Waals surface area contributed by atoms with Crippen LogP contribution in [0, 0.1) is 0 Å². The van der Waals surface area contributed by atoms with E-state index in [2.05, 4.69) is 10.00 Å². The van der Waals surface area contributed by atoms with Crippen molar-refractivity contribution in [3.8, 4) is 0 Å². The molecule has 1 amide bonds. The van der Waals surface area contributed by atoms with Gasteiger partial charge in [0.25, 0.3) is 0 Å². The van der Waals surface area contributed by atoms with Gasteiger partial charge in [-0.1, -0.05) is 0 Å². The van der Waals surface area contributed by atoms with Crippen LogP contribution in [0.5, 0.6) is 0 Å². The molecule has 11 heteroatoms. The fraction of sp³-hybridized carbons (Fsp3) is 0.688. The molecule has 1 aromatic rings. The monoisotopic (exact) mass is 392 g/mol. The average Bonchev–Trinajstić information content (AvgIpc) is 3.24. The second kappa shape index (κ2) is 9.18. The summed E-state index contributed by atoms with van der Waals surface area (Å²) in [5.41, 5.74) is 1.15. The van der Waals surface area contributed by atoms with E-state index in [1.165, 1.54) is 0 Å². The van der Waals surface area contributed by atoms with Crippen LogP contribution in [0.1, 0.15) is 18.5 Å². The number of aliphatic carboxylic acids is 1. The molecule has 0 bridgehead atoms. The van der Waals surface area contributed by atoms with Crippen molar-refractivity contribution in [2.75, 3.05) is 33.3 Å². The smallest absolute Gasteiger partial charge is 0.475 e. The highest BCUT2D eigenvalue weighted by molar-refractivity contribution is 5.78. The molecule has 1 aromatic heterocycles. The summed E-state index contributed by atoms with van der Waals surface area (Å²) in [5, 5.41) is 11.4. The minimum absolute atomic E-state index is 0.0857. The number of carbonyl (C=O) groups is 2. The Balaban J connectivity index is 0.000000321. The van der Waals surface area contributed by atoms with Crippen molar-refractivity contribution in [3.63, 3.8) is 0 Å². The highest BCUT2D eigenvalue weighted by Gasteiger charge is 2.38. The van der Waals surface area contributed by atoms with Crippen molar-refractivity contribution in [3.05, 3.63) is 18.0 Å². The number of nitrogens with zero attached hydrogens (tertiary/aromatic N) is 4. The van der Waals surface area contributed by atoms with Crippen molar-refractivity contribution in [1.82, 2.24) is 19.6 Å². The highest BCUT2D eigenvalue weighted by atomic mass is 19.4. The summed E-state index contributed by atoms with van der Waals surface area (Å²) in [5.74, 6) is -2.52. The molecule has 3 rings (SSSR count). The first kappa shape index (κ1) is 21.2. The summed E-state index contributed by atoms with van der Waals surface area (Å²) in [6, 6.07) is 2.02. The number of carbonyl (C=O) groups excluding carboxylic acids is 1. The Morgan fingerprint density at radius 3 is 2.48 bits per heavy atom. The van der Waals surface area contributed by atoms with Gasteiger partial charge in [0.15, 0.2) is 0 Å². The lowest BCUT2D eigenvalue weighted by Crippen LogP contribution is -2.41. The first-order chi connectivity index (χ1) is 12.7. The molecule has 27 heavy (non-hydrogen) atoms. The van der Waals surface area contributed by atoms with E-state index in [4.69, 9.17) is 14.6 Å². The number of carboxylic acid groups (broad SMARTS) is 1. The number of methoxy groups -OCH3 is 1. The molecule has 1 saturated heterocycles. The van der Waals surface area contributed by atoms with Gasteiger partial charge in [-0.3, -0.25) is 14.4 Å². The number of ether oxygens (including phenoxy) is 1. The number of halogens is 3. The molecule has 1 fully saturated rings. The van der Waals surface area contributed by atoms with Gasteiger partial charge >= 0.3 is 12.1 Å². The van der Waals surface area contributed by atoms with Gasteiger partial charge < -0.3 is 14.7 Å². The van der Waals surface area contributed by atoms with Crippen LogP contribution in [0.4, 0.5) is 13.2 Å². The molecule has 0 spiro atoms. The molecule has 1 N–H and O–H groups in total. The van der Waals surface area contributed by atoms with Gasteiger partial charge in [-0.25, -0.2) is 4.79 Å². The first-order valence-corrected chi connectivity index (χ1v) is 8.54. The maximum atomic E-state index is 12.3. The third-order valence-electron chi connectivity index (χ3n) is 4.42. The minimum Gasteiger partial charge on any atom is -0.475 e. The van der Waals surface area contributed by atoms with E-state index in [0.717, 1.165) is 51.3 Å². The van der Waals surface area contributed by atoms with Crippen LogP contribution >= 0.6 is 0 Å². The number of likely N-dealkylation sites (tertiary alicyclic amines) is 1. The number of hydrogen-bond acceptors (Lipinski definition) is 5. The van der Waals surface area contributed by atoms with E-state index < -0.39 is 12.1 Å². The molecule has 0 aliphatic carbocycles. The summed E-state index contributed by atoms with van der Waals surface area (Å²) in [6.07, 6.45) is -0.908. The van der Waals surface area contributed by atoms with Crippen molar-refractivity contribution < 1.29 is 32.6 Å². The molecule has 2 aliphatic heterocycles. The van der Waals surface area contributed by atoms with E-state index in [1.54, 1.807) is 7.11 Å². The quantitative estimate of drug-likeness (QED) is 0.825. The van der Waals surface area contributed by atoms with Crippen LogP contribution in [0.2, 0.25) is 0 Å². The second-order valence-corrected chi connectivity index (χ2v) is 6.42. The molecule has 2 aliphatic rings. The van der Waals surface area contributed by atoms with Crippen LogP contribution < -0.4 is 0 Å². The fourth-order valence-electron chi connectivity index (χ4n) is 3.02. The Morgan fingerprint density at radius 1 is 1.30 bits per heavy atom. The molecule has 8 nitrogen and oxygen atoms in total. The minimum atomic E-state index is -5.08. The average molecular weight is 392 g/mol. The molecule has 0 radical (unpaired) electrons. The Hall–Kier alpha value is -2.14. The Labute approximate surface area is 154 Å². The molecule has 1 unspecified atom stereocenters. The predicted octanol–water partition coefficient (Wildman–Crippen LogP) is 0.969. The zero-order valence-electron chi connectivity index (χ0n) is 15.0. The van der Waals surface area contributed by atoms with Gasteiger partial charge in [0.2, 0.25) is 5.91 Å². The number of carboxylic acids is 1. The number of hydrogen-bond donors (Lipinski definition) is 1. The normalized spacial score (nSPS) is 20.4. The van der Waals surface area contributed by atoms with E-state index in [-0.39, 0.29) is 12.0 Å². The van der Waals surface area contributed by atoms with E-state index in [9.17, 15) is 18.0 Å². The molecule has 3 heterocycles. The van der Waals surface area contributed by atoms with Gasteiger partial charge in [-0.15, -0.1) is 0 Å². The summed E-state index contributed by atoms with van der Waals surface area (Å²) in [4.78, 5) is 25.3. The van der Waals surface area contributed by atoms with E-state index >= 15 is 0 Å². The van der Waals surface area contributed by atoms with Crippen LogP contribution in [0.15, 0.2) is 12.3 Å². The zero-order chi connectivity index (χ0) is 20.0. The van der Waals surface area contributed by atoms with E-state index in [1.807, 2.05) is 21.8 Å².